The first-order valence-electron chi connectivity index (χ1n) is 20.7. The summed E-state index contributed by atoms with van der Waals surface area (Å²) in [5.74, 6) is 0. The summed E-state index contributed by atoms with van der Waals surface area (Å²) in [4.78, 5) is 2.50. The van der Waals surface area contributed by atoms with Crippen LogP contribution in [-0.4, -0.2) is 0 Å². The lowest BCUT2D eigenvalue weighted by atomic mass is 9.67. The molecule has 0 spiro atoms. The monoisotopic (exact) mass is 753 g/mol. The Balaban J connectivity index is 1.22. The fourth-order valence-corrected chi connectivity index (χ4v) is 10.5. The Bertz CT molecular complexity index is 2960. The highest BCUT2D eigenvalue weighted by atomic mass is 15.1. The van der Waals surface area contributed by atoms with E-state index in [0.29, 0.717) is 0 Å². The third-order valence-electron chi connectivity index (χ3n) is 12.9. The van der Waals surface area contributed by atoms with Crippen LogP contribution in [0.15, 0.2) is 224 Å². The van der Waals surface area contributed by atoms with E-state index in [1.54, 1.807) is 0 Å². The quantitative estimate of drug-likeness (QED) is 0.157. The minimum absolute atomic E-state index is 0.203. The van der Waals surface area contributed by atoms with Gasteiger partial charge in [0, 0.05) is 22.4 Å². The SMILES string of the molecule is CC1(C)c2ccccc2-c2cccc(-c3c(-c4ccccc4)cccc3N(c3ccccc3)c3ccc4c(c3)C(c3ccccc3)(c3ccccc3)c3ccccc3-4)c21. The number of hydrogen-bond donors (Lipinski definition) is 0. The third kappa shape index (κ3) is 5.25. The van der Waals surface area contributed by atoms with Gasteiger partial charge in [0.15, 0.2) is 0 Å². The number of rotatable bonds is 7. The standard InChI is InChI=1S/C58H43N/c1-57(2)51-34-17-15-30-47(51)49-32-19-33-50(56(49)57)55-45(40-21-7-3-8-22-40)31-20-36-54(55)59(43-27-13-6-14-28-43)44-37-38-48-46-29-16-18-35-52(46)58(53(48)39-44,41-23-9-4-10-24-41)42-25-11-5-12-26-42/h3-39H,1-2H3. The minimum Gasteiger partial charge on any atom is -0.310 e. The molecule has 59 heavy (non-hydrogen) atoms. The number of para-hydroxylation sites is 1. The van der Waals surface area contributed by atoms with Gasteiger partial charge in [0.1, 0.15) is 0 Å². The molecule has 0 saturated carbocycles. The molecule has 1 nitrogen and oxygen atoms in total. The maximum Gasteiger partial charge on any atom is 0.0714 e. The first kappa shape index (κ1) is 35.0. The molecule has 0 aliphatic heterocycles. The second-order valence-corrected chi connectivity index (χ2v) is 16.4. The molecule has 0 heterocycles. The van der Waals surface area contributed by atoms with Crippen LogP contribution in [0.5, 0.6) is 0 Å². The van der Waals surface area contributed by atoms with Gasteiger partial charge in [-0.05, 0) is 103 Å². The Kier molecular flexibility index (Phi) is 8.13. The normalized spacial score (nSPS) is 13.9. The molecule has 2 aliphatic carbocycles. The van der Waals surface area contributed by atoms with Gasteiger partial charge in [0.25, 0.3) is 0 Å². The summed E-state index contributed by atoms with van der Waals surface area (Å²) in [6.07, 6.45) is 0. The molecule has 0 radical (unpaired) electrons. The Labute approximate surface area is 347 Å². The van der Waals surface area contributed by atoms with E-state index < -0.39 is 5.41 Å². The highest BCUT2D eigenvalue weighted by Crippen LogP contribution is 2.59. The molecule has 0 amide bonds. The van der Waals surface area contributed by atoms with Crippen LogP contribution in [0.3, 0.4) is 0 Å². The number of fused-ring (bicyclic) bond motifs is 6. The van der Waals surface area contributed by atoms with E-state index in [1.807, 2.05) is 0 Å². The topological polar surface area (TPSA) is 3.24 Å². The molecule has 0 unspecified atom stereocenters. The van der Waals surface area contributed by atoms with Crippen molar-refractivity contribution in [3.63, 3.8) is 0 Å². The highest BCUT2D eigenvalue weighted by molar-refractivity contribution is 6.01. The molecule has 11 rings (SSSR count). The van der Waals surface area contributed by atoms with Gasteiger partial charge >= 0.3 is 0 Å². The first-order chi connectivity index (χ1) is 29.1. The van der Waals surface area contributed by atoms with Gasteiger partial charge in [-0.25, -0.2) is 0 Å². The summed E-state index contributed by atoms with van der Waals surface area (Å²) >= 11 is 0. The average Bonchev–Trinajstić information content (AvgIpc) is 3.73. The zero-order valence-electron chi connectivity index (χ0n) is 33.3. The van der Waals surface area contributed by atoms with Gasteiger partial charge < -0.3 is 4.90 Å². The van der Waals surface area contributed by atoms with Gasteiger partial charge in [-0.2, -0.15) is 0 Å². The van der Waals surface area contributed by atoms with Crippen molar-refractivity contribution in [1.82, 2.24) is 0 Å². The third-order valence-corrected chi connectivity index (χ3v) is 12.9. The van der Waals surface area contributed by atoms with Crippen molar-refractivity contribution in [2.45, 2.75) is 24.7 Å². The molecule has 9 aromatic carbocycles. The molecule has 2 aliphatic rings. The van der Waals surface area contributed by atoms with Crippen LogP contribution in [0.4, 0.5) is 17.1 Å². The maximum atomic E-state index is 2.50. The molecule has 0 N–H and O–H groups in total. The molecule has 0 fully saturated rings. The van der Waals surface area contributed by atoms with E-state index in [0.717, 1.165) is 17.1 Å². The van der Waals surface area contributed by atoms with Crippen molar-refractivity contribution < 1.29 is 0 Å². The van der Waals surface area contributed by atoms with Crippen LogP contribution in [0.1, 0.15) is 47.2 Å². The van der Waals surface area contributed by atoms with Gasteiger partial charge in [-0.15, -0.1) is 0 Å². The lowest BCUT2D eigenvalue weighted by Gasteiger charge is -2.35. The zero-order valence-corrected chi connectivity index (χ0v) is 33.3. The van der Waals surface area contributed by atoms with Crippen LogP contribution in [0.25, 0.3) is 44.5 Å². The van der Waals surface area contributed by atoms with Gasteiger partial charge in [0.05, 0.1) is 11.1 Å². The van der Waals surface area contributed by atoms with E-state index in [2.05, 4.69) is 243 Å². The predicted molar refractivity (Wildman–Crippen MR) is 247 cm³/mol. The molecule has 0 saturated heterocycles. The molecule has 0 bridgehead atoms. The van der Waals surface area contributed by atoms with Crippen LogP contribution in [0.2, 0.25) is 0 Å². The summed E-state index contributed by atoms with van der Waals surface area (Å²) in [6.45, 7) is 4.79. The number of nitrogens with zero attached hydrogens (tertiary/aromatic N) is 1. The summed E-state index contributed by atoms with van der Waals surface area (Å²) in [6, 6.07) is 83.0. The molecular formula is C58H43N. The second kappa shape index (κ2) is 13.7. The van der Waals surface area contributed by atoms with Crippen LogP contribution in [-0.2, 0) is 10.8 Å². The summed E-state index contributed by atoms with van der Waals surface area (Å²) in [5, 5.41) is 0. The Morgan fingerprint density at radius 3 is 1.51 bits per heavy atom. The number of anilines is 3. The fraction of sp³-hybridized carbons (Fsp3) is 0.0690. The van der Waals surface area contributed by atoms with E-state index >= 15 is 0 Å². The highest BCUT2D eigenvalue weighted by Gasteiger charge is 2.46. The van der Waals surface area contributed by atoms with E-state index in [4.69, 9.17) is 0 Å². The predicted octanol–water partition coefficient (Wildman–Crippen LogP) is 15.2. The second-order valence-electron chi connectivity index (χ2n) is 16.4. The number of hydrogen-bond acceptors (Lipinski definition) is 1. The van der Waals surface area contributed by atoms with Gasteiger partial charge in [0.2, 0.25) is 0 Å². The average molecular weight is 754 g/mol. The molecule has 0 atom stereocenters. The van der Waals surface area contributed by atoms with E-state index in [-0.39, 0.29) is 5.41 Å². The smallest absolute Gasteiger partial charge is 0.0714 e. The van der Waals surface area contributed by atoms with E-state index in [1.165, 1.54) is 77.9 Å². The first-order valence-corrected chi connectivity index (χ1v) is 20.7. The van der Waals surface area contributed by atoms with Crippen molar-refractivity contribution >= 4 is 17.1 Å². The Morgan fingerprint density at radius 2 is 0.831 bits per heavy atom. The minimum atomic E-state index is -0.516. The zero-order chi connectivity index (χ0) is 39.6. The largest absolute Gasteiger partial charge is 0.310 e. The van der Waals surface area contributed by atoms with Crippen LogP contribution >= 0.6 is 0 Å². The van der Waals surface area contributed by atoms with E-state index in [9.17, 15) is 0 Å². The fourth-order valence-electron chi connectivity index (χ4n) is 10.5. The molecule has 0 aromatic heterocycles. The molecule has 1 heteroatoms. The lowest BCUT2D eigenvalue weighted by Crippen LogP contribution is -2.28. The summed E-state index contributed by atoms with van der Waals surface area (Å²) < 4.78 is 0. The van der Waals surface area contributed by atoms with Crippen molar-refractivity contribution in [2.75, 3.05) is 4.90 Å². The molecule has 280 valence electrons. The van der Waals surface area contributed by atoms with Crippen molar-refractivity contribution in [3.8, 4) is 44.5 Å². The lowest BCUT2D eigenvalue weighted by molar-refractivity contribution is 0.662. The van der Waals surface area contributed by atoms with Crippen LogP contribution in [0, 0.1) is 0 Å². The summed E-state index contributed by atoms with van der Waals surface area (Å²) in [7, 11) is 0. The summed E-state index contributed by atoms with van der Waals surface area (Å²) in [5.41, 5.74) is 20.6. The van der Waals surface area contributed by atoms with Gasteiger partial charge in [-0.3, -0.25) is 0 Å². The van der Waals surface area contributed by atoms with Crippen molar-refractivity contribution in [3.05, 3.63) is 258 Å². The molecular weight excluding hydrogens is 711 g/mol. The number of benzene rings is 9. The van der Waals surface area contributed by atoms with Gasteiger partial charge in [-0.1, -0.05) is 208 Å². The van der Waals surface area contributed by atoms with Crippen LogP contribution < -0.4 is 4.90 Å². The Morgan fingerprint density at radius 1 is 0.339 bits per heavy atom. The van der Waals surface area contributed by atoms with Crippen molar-refractivity contribution in [1.29, 1.82) is 0 Å². The Hall–Kier alpha value is -7.22. The molecule has 9 aromatic rings. The maximum absolute atomic E-state index is 2.50. The van der Waals surface area contributed by atoms with Crippen molar-refractivity contribution in [2.24, 2.45) is 0 Å².